The number of imidazole rings is 1. The first-order valence-electron chi connectivity index (χ1n) is 6.47. The Labute approximate surface area is 117 Å². The van der Waals surface area contributed by atoms with E-state index < -0.39 is 18.0 Å². The maximum absolute atomic E-state index is 13.2. The van der Waals surface area contributed by atoms with Gasteiger partial charge in [0.15, 0.2) is 0 Å². The van der Waals surface area contributed by atoms with Gasteiger partial charge in [-0.3, -0.25) is 4.79 Å². The van der Waals surface area contributed by atoms with E-state index in [0.717, 1.165) is 4.57 Å². The number of hydrogen-bond donors (Lipinski definition) is 2. The van der Waals surface area contributed by atoms with Crippen molar-refractivity contribution < 1.29 is 18.0 Å². The molecule has 2 aromatic rings. The molecule has 1 unspecified atom stereocenters. The number of aromatic nitrogens is 2. The monoisotopic (exact) mass is 298 g/mol. The van der Waals surface area contributed by atoms with Crippen molar-refractivity contribution in [3.8, 4) is 0 Å². The van der Waals surface area contributed by atoms with E-state index in [1.165, 1.54) is 12.1 Å². The number of nitrogen functional groups attached to an aromatic ring is 1. The first kappa shape index (κ1) is 13.7. The summed E-state index contributed by atoms with van der Waals surface area (Å²) in [5.41, 5.74) is 6.54. The van der Waals surface area contributed by atoms with E-state index in [2.05, 4.69) is 10.3 Å². The zero-order valence-electron chi connectivity index (χ0n) is 10.9. The number of rotatable bonds is 1. The van der Waals surface area contributed by atoms with Crippen molar-refractivity contribution in [3.05, 3.63) is 24.0 Å². The molecule has 1 saturated heterocycles. The van der Waals surface area contributed by atoms with Crippen LogP contribution in [0.4, 0.5) is 18.9 Å². The fourth-order valence-electron chi connectivity index (χ4n) is 2.63. The van der Waals surface area contributed by atoms with E-state index in [-0.39, 0.29) is 24.4 Å². The van der Waals surface area contributed by atoms with Crippen LogP contribution in [0.2, 0.25) is 0 Å². The van der Waals surface area contributed by atoms with Gasteiger partial charge in [-0.2, -0.15) is 13.2 Å². The van der Waals surface area contributed by atoms with Crippen LogP contribution in [0.5, 0.6) is 0 Å². The largest absolute Gasteiger partial charge is 0.449 e. The number of hydrogen-bond acceptors (Lipinski definition) is 3. The maximum Gasteiger partial charge on any atom is 0.449 e. The van der Waals surface area contributed by atoms with Gasteiger partial charge in [0.2, 0.25) is 11.7 Å². The lowest BCUT2D eigenvalue weighted by Gasteiger charge is -2.26. The van der Waals surface area contributed by atoms with Crippen LogP contribution in [0, 0.1) is 0 Å². The minimum absolute atomic E-state index is 0.145. The lowest BCUT2D eigenvalue weighted by molar-refractivity contribution is -0.147. The first-order valence-corrected chi connectivity index (χ1v) is 6.47. The second-order valence-corrected chi connectivity index (χ2v) is 5.05. The molecule has 0 spiro atoms. The molecule has 3 N–H and O–H groups in total. The van der Waals surface area contributed by atoms with Gasteiger partial charge in [-0.05, 0) is 24.6 Å². The number of alkyl halides is 3. The molecule has 3 rings (SSSR count). The number of piperidine rings is 1. The first-order chi connectivity index (χ1) is 9.86. The minimum atomic E-state index is -4.56. The highest BCUT2D eigenvalue weighted by atomic mass is 19.4. The SMILES string of the molecule is Nc1ccc2c(c1)nc(C(F)(F)F)n2C1CCC(=O)NC1. The summed E-state index contributed by atoms with van der Waals surface area (Å²) in [5.74, 6) is -1.10. The number of nitrogens with zero attached hydrogens (tertiary/aromatic N) is 2. The molecule has 1 fully saturated rings. The Kier molecular flexibility index (Phi) is 3.03. The van der Waals surface area contributed by atoms with Crippen molar-refractivity contribution in [1.29, 1.82) is 0 Å². The fraction of sp³-hybridized carbons (Fsp3) is 0.385. The number of halogens is 3. The smallest absolute Gasteiger partial charge is 0.399 e. The summed E-state index contributed by atoms with van der Waals surface area (Å²) >= 11 is 0. The van der Waals surface area contributed by atoms with E-state index in [9.17, 15) is 18.0 Å². The summed E-state index contributed by atoms with van der Waals surface area (Å²) in [7, 11) is 0. The van der Waals surface area contributed by atoms with Crippen LogP contribution in [-0.4, -0.2) is 22.0 Å². The Morgan fingerprint density at radius 3 is 2.76 bits per heavy atom. The third-order valence-electron chi connectivity index (χ3n) is 3.57. The van der Waals surface area contributed by atoms with Gasteiger partial charge >= 0.3 is 6.18 Å². The van der Waals surface area contributed by atoms with Gasteiger partial charge < -0.3 is 15.6 Å². The summed E-state index contributed by atoms with van der Waals surface area (Å²) in [4.78, 5) is 14.9. The number of carbonyl (C=O) groups is 1. The quantitative estimate of drug-likeness (QED) is 0.792. The number of benzene rings is 1. The lowest BCUT2D eigenvalue weighted by atomic mass is 10.1. The average molecular weight is 298 g/mol. The second-order valence-electron chi connectivity index (χ2n) is 5.05. The van der Waals surface area contributed by atoms with E-state index in [4.69, 9.17) is 5.73 Å². The van der Waals surface area contributed by atoms with Gasteiger partial charge in [0.25, 0.3) is 0 Å². The highest BCUT2D eigenvalue weighted by Crippen LogP contribution is 2.35. The Bertz CT molecular complexity index is 697. The van der Waals surface area contributed by atoms with Crippen LogP contribution in [0.3, 0.4) is 0 Å². The van der Waals surface area contributed by atoms with Crippen molar-refractivity contribution in [2.45, 2.75) is 25.1 Å². The molecule has 1 amide bonds. The number of nitrogens with one attached hydrogen (secondary N) is 1. The Morgan fingerprint density at radius 2 is 2.14 bits per heavy atom. The standard InChI is InChI=1S/C13H13F3N4O/c14-13(15,16)12-19-9-5-7(17)1-3-10(9)20(12)8-2-4-11(21)18-6-8/h1,3,5,8H,2,4,6,17H2,(H,18,21). The maximum atomic E-state index is 13.2. The van der Waals surface area contributed by atoms with Crippen LogP contribution in [0.1, 0.15) is 24.7 Å². The number of carbonyl (C=O) groups excluding carboxylic acids is 1. The molecule has 8 heteroatoms. The second kappa shape index (κ2) is 4.64. The van der Waals surface area contributed by atoms with Gasteiger partial charge in [0, 0.05) is 18.7 Å². The summed E-state index contributed by atoms with van der Waals surface area (Å²) < 4.78 is 40.8. The molecule has 1 atom stereocenters. The summed E-state index contributed by atoms with van der Waals surface area (Å²) in [5, 5.41) is 2.60. The molecule has 5 nitrogen and oxygen atoms in total. The number of nitrogens with two attached hydrogens (primary N) is 1. The molecular weight excluding hydrogens is 285 g/mol. The highest BCUT2D eigenvalue weighted by Gasteiger charge is 2.39. The molecule has 21 heavy (non-hydrogen) atoms. The molecule has 1 aliphatic heterocycles. The highest BCUT2D eigenvalue weighted by molar-refractivity contribution is 5.80. The van der Waals surface area contributed by atoms with Crippen LogP contribution >= 0.6 is 0 Å². The number of anilines is 1. The molecule has 0 radical (unpaired) electrons. The molecule has 1 aliphatic rings. The molecule has 0 bridgehead atoms. The Morgan fingerprint density at radius 1 is 1.38 bits per heavy atom. The van der Waals surface area contributed by atoms with Crippen LogP contribution < -0.4 is 11.1 Å². The summed E-state index contributed by atoms with van der Waals surface area (Å²) in [6, 6.07) is 4.03. The van der Waals surface area contributed by atoms with Gasteiger partial charge in [-0.1, -0.05) is 0 Å². The van der Waals surface area contributed by atoms with E-state index in [0.29, 0.717) is 17.6 Å². The molecule has 1 aromatic heterocycles. The molecule has 112 valence electrons. The van der Waals surface area contributed by atoms with E-state index in [1.807, 2.05) is 0 Å². The molecule has 0 aliphatic carbocycles. The van der Waals surface area contributed by atoms with Gasteiger partial charge in [0.05, 0.1) is 17.1 Å². The normalized spacial score (nSPS) is 19.8. The fourth-order valence-corrected chi connectivity index (χ4v) is 2.63. The summed E-state index contributed by atoms with van der Waals surface area (Å²) in [6.45, 7) is 0.164. The van der Waals surface area contributed by atoms with Gasteiger partial charge in [-0.15, -0.1) is 0 Å². The van der Waals surface area contributed by atoms with E-state index >= 15 is 0 Å². The van der Waals surface area contributed by atoms with Crippen LogP contribution in [0.15, 0.2) is 18.2 Å². The Balaban J connectivity index is 2.16. The molecule has 2 heterocycles. The third-order valence-corrected chi connectivity index (χ3v) is 3.57. The minimum Gasteiger partial charge on any atom is -0.399 e. The topological polar surface area (TPSA) is 72.9 Å². The molecule has 1 aromatic carbocycles. The Hall–Kier alpha value is -2.25. The predicted molar refractivity (Wildman–Crippen MR) is 70.4 cm³/mol. The lowest BCUT2D eigenvalue weighted by Crippen LogP contribution is -2.37. The predicted octanol–water partition coefficient (Wildman–Crippen LogP) is 2.09. The summed E-state index contributed by atoms with van der Waals surface area (Å²) in [6.07, 6.45) is -4.00. The van der Waals surface area contributed by atoms with Crippen molar-refractivity contribution in [3.63, 3.8) is 0 Å². The zero-order valence-corrected chi connectivity index (χ0v) is 10.9. The van der Waals surface area contributed by atoms with Crippen molar-refractivity contribution >= 4 is 22.6 Å². The van der Waals surface area contributed by atoms with Crippen LogP contribution in [0.25, 0.3) is 11.0 Å². The third kappa shape index (κ3) is 2.41. The van der Waals surface area contributed by atoms with Gasteiger partial charge in [0.1, 0.15) is 0 Å². The number of amides is 1. The van der Waals surface area contributed by atoms with Gasteiger partial charge in [-0.25, -0.2) is 4.98 Å². The number of fused-ring (bicyclic) bond motifs is 1. The van der Waals surface area contributed by atoms with Crippen LogP contribution in [-0.2, 0) is 11.0 Å². The van der Waals surface area contributed by atoms with E-state index in [1.54, 1.807) is 6.07 Å². The zero-order chi connectivity index (χ0) is 15.2. The molecular formula is C13H13F3N4O. The van der Waals surface area contributed by atoms with Crippen molar-refractivity contribution in [2.24, 2.45) is 0 Å². The van der Waals surface area contributed by atoms with Crippen molar-refractivity contribution in [1.82, 2.24) is 14.9 Å². The van der Waals surface area contributed by atoms with Crippen molar-refractivity contribution in [2.75, 3.05) is 12.3 Å². The molecule has 0 saturated carbocycles. The average Bonchev–Trinajstić information content (AvgIpc) is 2.78.